The number of carbonyl (C=O) groups excluding carboxylic acids is 2. The van der Waals surface area contributed by atoms with E-state index in [1.807, 2.05) is 6.07 Å². The summed E-state index contributed by atoms with van der Waals surface area (Å²) >= 11 is 0. The maximum atomic E-state index is 12.6. The first-order chi connectivity index (χ1) is 14.5. The summed E-state index contributed by atoms with van der Waals surface area (Å²) in [4.78, 5) is 35.5. The summed E-state index contributed by atoms with van der Waals surface area (Å²) in [6.45, 7) is 1.38. The van der Waals surface area contributed by atoms with Gasteiger partial charge < -0.3 is 14.8 Å². The molecule has 1 N–H and O–H groups in total. The van der Waals surface area contributed by atoms with E-state index in [0.717, 1.165) is 0 Å². The first kappa shape index (κ1) is 20.5. The van der Waals surface area contributed by atoms with Gasteiger partial charge in [0.15, 0.2) is 6.10 Å². The molecule has 0 bridgehead atoms. The number of ether oxygens (including phenoxy) is 2. The van der Waals surface area contributed by atoms with Crippen molar-refractivity contribution in [1.29, 1.82) is 0 Å². The number of anilines is 1. The van der Waals surface area contributed by atoms with Crippen LogP contribution in [0.2, 0.25) is 0 Å². The molecule has 0 aromatic heterocycles. The summed E-state index contributed by atoms with van der Waals surface area (Å²) in [5.74, 6) is -0.634. The summed E-state index contributed by atoms with van der Waals surface area (Å²) < 4.78 is 11.0. The first-order valence-corrected chi connectivity index (χ1v) is 9.03. The molecule has 0 radical (unpaired) electrons. The maximum absolute atomic E-state index is 12.6. The van der Waals surface area contributed by atoms with Crippen molar-refractivity contribution in [3.63, 3.8) is 0 Å². The number of para-hydroxylation sites is 4. The molecule has 0 aliphatic rings. The highest BCUT2D eigenvalue weighted by atomic mass is 16.6. The van der Waals surface area contributed by atoms with E-state index in [1.165, 1.54) is 31.2 Å². The number of nitro groups is 1. The predicted molar refractivity (Wildman–Crippen MR) is 110 cm³/mol. The van der Waals surface area contributed by atoms with Gasteiger partial charge in [-0.2, -0.15) is 0 Å². The van der Waals surface area contributed by atoms with E-state index in [-0.39, 0.29) is 22.7 Å². The number of carbonyl (C=O) groups is 2. The average Bonchev–Trinajstić information content (AvgIpc) is 2.75. The van der Waals surface area contributed by atoms with Gasteiger partial charge in [-0.25, -0.2) is 4.79 Å². The van der Waals surface area contributed by atoms with Crippen LogP contribution in [0, 0.1) is 10.1 Å². The Kier molecular flexibility index (Phi) is 6.39. The molecule has 0 saturated heterocycles. The van der Waals surface area contributed by atoms with Crippen molar-refractivity contribution >= 4 is 23.3 Å². The van der Waals surface area contributed by atoms with Crippen LogP contribution in [0.4, 0.5) is 11.4 Å². The number of amides is 1. The van der Waals surface area contributed by atoms with E-state index in [4.69, 9.17) is 9.47 Å². The minimum Gasteiger partial charge on any atom is -0.456 e. The number of nitrogens with zero attached hydrogens (tertiary/aromatic N) is 1. The number of hydrogen-bond acceptors (Lipinski definition) is 6. The van der Waals surface area contributed by atoms with E-state index >= 15 is 0 Å². The maximum Gasteiger partial charge on any atom is 0.342 e. The summed E-state index contributed by atoms with van der Waals surface area (Å²) in [5, 5.41) is 13.5. The molecule has 0 aliphatic heterocycles. The monoisotopic (exact) mass is 406 g/mol. The number of nitrogens with one attached hydrogen (secondary N) is 1. The second kappa shape index (κ2) is 9.33. The molecule has 152 valence electrons. The van der Waals surface area contributed by atoms with Gasteiger partial charge in [0.2, 0.25) is 0 Å². The van der Waals surface area contributed by atoms with Crippen LogP contribution in [0.3, 0.4) is 0 Å². The normalized spacial score (nSPS) is 11.2. The van der Waals surface area contributed by atoms with Crippen LogP contribution in [0.15, 0.2) is 78.9 Å². The molecule has 8 heteroatoms. The van der Waals surface area contributed by atoms with E-state index in [2.05, 4.69) is 5.32 Å². The van der Waals surface area contributed by atoms with Crippen LogP contribution < -0.4 is 10.1 Å². The lowest BCUT2D eigenvalue weighted by molar-refractivity contribution is -0.383. The molecule has 0 saturated carbocycles. The van der Waals surface area contributed by atoms with Gasteiger partial charge in [0.25, 0.3) is 11.6 Å². The summed E-state index contributed by atoms with van der Waals surface area (Å²) in [7, 11) is 0. The molecule has 1 atom stereocenters. The van der Waals surface area contributed by atoms with Crippen LogP contribution in [0.25, 0.3) is 0 Å². The molecule has 8 nitrogen and oxygen atoms in total. The molecule has 3 aromatic carbocycles. The van der Waals surface area contributed by atoms with Gasteiger partial charge in [-0.1, -0.05) is 42.5 Å². The molecule has 0 heterocycles. The van der Waals surface area contributed by atoms with Crippen molar-refractivity contribution in [1.82, 2.24) is 0 Å². The van der Waals surface area contributed by atoms with Gasteiger partial charge in [-0.3, -0.25) is 14.9 Å². The molecule has 1 amide bonds. The lowest BCUT2D eigenvalue weighted by Gasteiger charge is -2.15. The van der Waals surface area contributed by atoms with E-state index < -0.39 is 22.9 Å². The third kappa shape index (κ3) is 4.99. The minimum absolute atomic E-state index is 0.0169. The third-order valence-corrected chi connectivity index (χ3v) is 4.09. The van der Waals surface area contributed by atoms with Gasteiger partial charge in [0, 0.05) is 6.07 Å². The van der Waals surface area contributed by atoms with Crippen molar-refractivity contribution in [2.75, 3.05) is 5.32 Å². The standard InChI is InChI=1S/C22H18N2O6/c1-15(21(25)23-18-12-6-7-13-19(18)24(27)28)29-22(26)17-11-5-8-14-20(17)30-16-9-3-2-4-10-16/h2-15H,1H3,(H,23,25)/t15-/m0/s1. The molecule has 0 spiro atoms. The molecule has 0 unspecified atom stereocenters. The lowest BCUT2D eigenvalue weighted by Crippen LogP contribution is -2.30. The molecule has 3 rings (SSSR count). The fraction of sp³-hybridized carbons (Fsp3) is 0.0909. The van der Waals surface area contributed by atoms with Crippen LogP contribution >= 0.6 is 0 Å². The second-order valence-electron chi connectivity index (χ2n) is 6.22. The fourth-order valence-electron chi connectivity index (χ4n) is 2.59. The Bertz CT molecular complexity index is 1070. The summed E-state index contributed by atoms with van der Waals surface area (Å²) in [5.41, 5.74) is -0.0964. The highest BCUT2D eigenvalue weighted by molar-refractivity contribution is 5.99. The Labute approximate surface area is 172 Å². The van der Waals surface area contributed by atoms with Crippen molar-refractivity contribution in [2.45, 2.75) is 13.0 Å². The molecule has 0 aliphatic carbocycles. The Hall–Kier alpha value is -4.20. The Morgan fingerprint density at radius 1 is 0.933 bits per heavy atom. The van der Waals surface area contributed by atoms with Crippen molar-refractivity contribution in [3.8, 4) is 11.5 Å². The third-order valence-electron chi connectivity index (χ3n) is 4.09. The topological polar surface area (TPSA) is 108 Å². The van der Waals surface area contributed by atoms with Gasteiger partial charge >= 0.3 is 5.97 Å². The Morgan fingerprint density at radius 2 is 1.57 bits per heavy atom. The number of hydrogen-bond donors (Lipinski definition) is 1. The van der Waals surface area contributed by atoms with Gasteiger partial charge in [-0.05, 0) is 37.3 Å². The molecular formula is C22H18N2O6. The zero-order chi connectivity index (χ0) is 21.5. The van der Waals surface area contributed by atoms with Crippen molar-refractivity contribution < 1.29 is 24.0 Å². The molecule has 0 fully saturated rings. The largest absolute Gasteiger partial charge is 0.456 e. The quantitative estimate of drug-likeness (QED) is 0.350. The van der Waals surface area contributed by atoms with Crippen LogP contribution in [0.1, 0.15) is 17.3 Å². The van der Waals surface area contributed by atoms with Gasteiger partial charge in [0.1, 0.15) is 22.7 Å². The zero-order valence-electron chi connectivity index (χ0n) is 16.0. The Balaban J connectivity index is 1.70. The van der Waals surface area contributed by atoms with Gasteiger partial charge in [-0.15, -0.1) is 0 Å². The first-order valence-electron chi connectivity index (χ1n) is 9.03. The smallest absolute Gasteiger partial charge is 0.342 e. The molecule has 3 aromatic rings. The van der Waals surface area contributed by atoms with Crippen molar-refractivity contribution in [2.24, 2.45) is 0 Å². The lowest BCUT2D eigenvalue weighted by atomic mass is 10.2. The molecular weight excluding hydrogens is 388 g/mol. The van der Waals surface area contributed by atoms with E-state index in [9.17, 15) is 19.7 Å². The van der Waals surface area contributed by atoms with Crippen molar-refractivity contribution in [3.05, 3.63) is 94.5 Å². The summed E-state index contributed by atoms with van der Waals surface area (Å²) in [6, 6.07) is 21.1. The van der Waals surface area contributed by atoms with Crippen LogP contribution in [0.5, 0.6) is 11.5 Å². The summed E-state index contributed by atoms with van der Waals surface area (Å²) in [6.07, 6.45) is -1.19. The number of nitro benzene ring substituents is 1. The number of benzene rings is 3. The zero-order valence-corrected chi connectivity index (χ0v) is 16.0. The minimum atomic E-state index is -1.19. The van der Waals surface area contributed by atoms with E-state index in [0.29, 0.717) is 5.75 Å². The Morgan fingerprint density at radius 3 is 2.30 bits per heavy atom. The van der Waals surface area contributed by atoms with Crippen LogP contribution in [-0.2, 0) is 9.53 Å². The highest BCUT2D eigenvalue weighted by Crippen LogP contribution is 2.26. The highest BCUT2D eigenvalue weighted by Gasteiger charge is 2.23. The fourth-order valence-corrected chi connectivity index (χ4v) is 2.59. The van der Waals surface area contributed by atoms with Gasteiger partial charge in [0.05, 0.1) is 4.92 Å². The molecule has 30 heavy (non-hydrogen) atoms. The second-order valence-corrected chi connectivity index (χ2v) is 6.22. The van der Waals surface area contributed by atoms with Crippen LogP contribution in [-0.4, -0.2) is 22.9 Å². The SMILES string of the molecule is C[C@H](OC(=O)c1ccccc1Oc1ccccc1)C(=O)Nc1ccccc1[N+](=O)[O-]. The predicted octanol–water partition coefficient (Wildman–Crippen LogP) is 4.57. The average molecular weight is 406 g/mol. The van der Waals surface area contributed by atoms with E-state index in [1.54, 1.807) is 48.5 Å². The number of esters is 1. The number of rotatable bonds is 7.